The highest BCUT2D eigenvalue weighted by atomic mass is 16.9. The molecule has 0 saturated carbocycles. The van der Waals surface area contributed by atoms with Crippen molar-refractivity contribution >= 4 is 10.8 Å². The minimum atomic E-state index is -0.711. The number of fused-ring (bicyclic) bond motifs is 4. The first-order valence-corrected chi connectivity index (χ1v) is 10.2. The molecule has 6 heteroatoms. The summed E-state index contributed by atoms with van der Waals surface area (Å²) >= 11 is 0. The van der Waals surface area contributed by atoms with Crippen LogP contribution < -0.4 is 0 Å². The maximum Gasteiger partial charge on any atom is 0.190 e. The zero-order valence-corrected chi connectivity index (χ0v) is 17.3. The number of ether oxygens (including phenoxy) is 6. The third kappa shape index (κ3) is 3.81. The third-order valence-corrected chi connectivity index (χ3v) is 5.62. The SMILES string of the molecule is CC1(C)O[C@H]2[C@@H](O1)[C@@H](COCc1ccc3ccccc3c1)O[C@@H]1OC(C)(C)O[C@@H]12. The van der Waals surface area contributed by atoms with E-state index in [1.54, 1.807) is 0 Å². The molecule has 3 aliphatic heterocycles. The van der Waals surface area contributed by atoms with Gasteiger partial charge in [-0.3, -0.25) is 0 Å². The average Bonchev–Trinajstić information content (AvgIpc) is 3.16. The Kier molecular flexibility index (Phi) is 4.70. The molecule has 6 nitrogen and oxygen atoms in total. The fourth-order valence-electron chi connectivity index (χ4n) is 4.45. The van der Waals surface area contributed by atoms with Gasteiger partial charge in [0.15, 0.2) is 17.9 Å². The van der Waals surface area contributed by atoms with Gasteiger partial charge in [0.05, 0.1) is 13.2 Å². The van der Waals surface area contributed by atoms with Crippen LogP contribution in [0.25, 0.3) is 10.8 Å². The lowest BCUT2D eigenvalue weighted by atomic mass is 9.99. The molecule has 5 rings (SSSR count). The van der Waals surface area contributed by atoms with Crippen molar-refractivity contribution in [3.05, 3.63) is 48.0 Å². The van der Waals surface area contributed by atoms with E-state index in [2.05, 4.69) is 30.3 Å². The normalized spacial score (nSPS) is 34.8. The van der Waals surface area contributed by atoms with E-state index in [9.17, 15) is 0 Å². The van der Waals surface area contributed by atoms with Crippen LogP contribution in [-0.2, 0) is 35.0 Å². The standard InChI is InChI=1S/C23H28O6/c1-22(2)26-18-17(25-21-20(19(18)27-22)28-23(3,4)29-21)13-24-12-14-9-10-15-7-5-6-8-16(15)11-14/h5-11,17-21H,12-13H2,1-4H3/t17-,18+,19+,20-,21-/m1/s1. The van der Waals surface area contributed by atoms with Crippen molar-refractivity contribution in [1.29, 1.82) is 0 Å². The van der Waals surface area contributed by atoms with Crippen molar-refractivity contribution in [2.45, 2.75) is 76.6 Å². The van der Waals surface area contributed by atoms with Gasteiger partial charge in [-0.15, -0.1) is 0 Å². The molecular weight excluding hydrogens is 372 g/mol. The minimum absolute atomic E-state index is 0.250. The highest BCUT2D eigenvalue weighted by Crippen LogP contribution is 2.44. The maximum atomic E-state index is 6.18. The lowest BCUT2D eigenvalue weighted by Gasteiger charge is -2.37. The van der Waals surface area contributed by atoms with Gasteiger partial charge in [-0.1, -0.05) is 36.4 Å². The molecule has 29 heavy (non-hydrogen) atoms. The molecule has 0 amide bonds. The van der Waals surface area contributed by atoms with Crippen LogP contribution in [0.3, 0.4) is 0 Å². The van der Waals surface area contributed by atoms with Crippen LogP contribution in [0.1, 0.15) is 33.3 Å². The Morgan fingerprint density at radius 3 is 2.31 bits per heavy atom. The smallest absolute Gasteiger partial charge is 0.190 e. The van der Waals surface area contributed by atoms with E-state index in [4.69, 9.17) is 28.4 Å². The summed E-state index contributed by atoms with van der Waals surface area (Å²) in [6.07, 6.45) is -1.60. The molecule has 3 aliphatic rings. The van der Waals surface area contributed by atoms with Gasteiger partial charge in [0.2, 0.25) is 0 Å². The summed E-state index contributed by atoms with van der Waals surface area (Å²) in [5.74, 6) is -1.41. The van der Waals surface area contributed by atoms with Crippen molar-refractivity contribution in [2.24, 2.45) is 0 Å². The van der Waals surface area contributed by atoms with E-state index < -0.39 is 17.9 Å². The predicted molar refractivity (Wildman–Crippen MR) is 106 cm³/mol. The molecule has 156 valence electrons. The zero-order valence-electron chi connectivity index (χ0n) is 17.3. The van der Waals surface area contributed by atoms with Crippen LogP contribution in [0.2, 0.25) is 0 Å². The first-order chi connectivity index (χ1) is 13.8. The molecule has 0 bridgehead atoms. The third-order valence-electron chi connectivity index (χ3n) is 5.62. The van der Waals surface area contributed by atoms with Crippen LogP contribution in [0, 0.1) is 0 Å². The van der Waals surface area contributed by atoms with E-state index in [0.717, 1.165) is 5.56 Å². The van der Waals surface area contributed by atoms with E-state index in [-0.39, 0.29) is 24.4 Å². The van der Waals surface area contributed by atoms with E-state index >= 15 is 0 Å². The molecule has 2 aromatic rings. The van der Waals surface area contributed by atoms with Crippen LogP contribution in [-0.4, -0.2) is 48.9 Å². The molecule has 0 aliphatic carbocycles. The summed E-state index contributed by atoms with van der Waals surface area (Å²) in [7, 11) is 0. The zero-order chi connectivity index (χ0) is 20.2. The molecular formula is C23H28O6. The summed E-state index contributed by atoms with van der Waals surface area (Å²) in [6, 6.07) is 14.7. The van der Waals surface area contributed by atoms with Gasteiger partial charge in [-0.2, -0.15) is 0 Å². The lowest BCUT2D eigenvalue weighted by molar-refractivity contribution is -0.243. The average molecular weight is 400 g/mol. The molecule has 3 saturated heterocycles. The number of rotatable bonds is 4. The van der Waals surface area contributed by atoms with Crippen LogP contribution in [0.15, 0.2) is 42.5 Å². The first kappa shape index (κ1) is 19.4. The van der Waals surface area contributed by atoms with Gasteiger partial charge in [0.1, 0.15) is 24.4 Å². The van der Waals surface area contributed by atoms with Gasteiger partial charge in [0, 0.05) is 0 Å². The second-order valence-electron chi connectivity index (χ2n) is 8.90. The van der Waals surface area contributed by atoms with Gasteiger partial charge in [-0.25, -0.2) is 0 Å². The van der Waals surface area contributed by atoms with Gasteiger partial charge >= 0.3 is 0 Å². The van der Waals surface area contributed by atoms with Crippen molar-refractivity contribution in [2.75, 3.05) is 6.61 Å². The number of benzene rings is 2. The van der Waals surface area contributed by atoms with Crippen LogP contribution in [0.5, 0.6) is 0 Å². The van der Waals surface area contributed by atoms with Gasteiger partial charge in [-0.05, 0) is 50.1 Å². The van der Waals surface area contributed by atoms with Gasteiger partial charge < -0.3 is 28.4 Å². The predicted octanol–water partition coefficient (Wildman–Crippen LogP) is 3.75. The van der Waals surface area contributed by atoms with Crippen molar-refractivity contribution in [3.8, 4) is 0 Å². The molecule has 0 radical (unpaired) electrons. The van der Waals surface area contributed by atoms with E-state index in [0.29, 0.717) is 13.2 Å². The summed E-state index contributed by atoms with van der Waals surface area (Å²) < 4.78 is 36.5. The molecule has 5 atom stereocenters. The van der Waals surface area contributed by atoms with Crippen molar-refractivity contribution < 1.29 is 28.4 Å². The van der Waals surface area contributed by atoms with Crippen LogP contribution in [0.4, 0.5) is 0 Å². The molecule has 2 aromatic carbocycles. The molecule has 0 unspecified atom stereocenters. The highest BCUT2D eigenvalue weighted by molar-refractivity contribution is 5.82. The fraction of sp³-hybridized carbons (Fsp3) is 0.565. The largest absolute Gasteiger partial charge is 0.374 e. The van der Waals surface area contributed by atoms with Crippen molar-refractivity contribution in [3.63, 3.8) is 0 Å². The second-order valence-corrected chi connectivity index (χ2v) is 8.90. The fourth-order valence-corrected chi connectivity index (χ4v) is 4.45. The lowest BCUT2D eigenvalue weighted by Crippen LogP contribution is -2.56. The Bertz CT molecular complexity index is 894. The summed E-state index contributed by atoms with van der Waals surface area (Å²) in [6.45, 7) is 8.48. The summed E-state index contributed by atoms with van der Waals surface area (Å²) in [4.78, 5) is 0. The highest BCUT2D eigenvalue weighted by Gasteiger charge is 2.60. The molecule has 0 spiro atoms. The van der Waals surface area contributed by atoms with Crippen molar-refractivity contribution in [1.82, 2.24) is 0 Å². The molecule has 0 N–H and O–H groups in total. The Labute approximate surface area is 171 Å². The summed E-state index contributed by atoms with van der Waals surface area (Å²) in [5.41, 5.74) is 1.12. The Hall–Kier alpha value is -1.54. The number of hydrogen-bond donors (Lipinski definition) is 0. The van der Waals surface area contributed by atoms with E-state index in [1.165, 1.54) is 10.8 Å². The Morgan fingerprint density at radius 2 is 1.48 bits per heavy atom. The Balaban J connectivity index is 1.27. The summed E-state index contributed by atoms with van der Waals surface area (Å²) in [5, 5.41) is 2.43. The van der Waals surface area contributed by atoms with E-state index in [1.807, 2.05) is 39.8 Å². The minimum Gasteiger partial charge on any atom is -0.374 e. The molecule has 0 aromatic heterocycles. The number of hydrogen-bond acceptors (Lipinski definition) is 6. The molecule has 3 heterocycles. The first-order valence-electron chi connectivity index (χ1n) is 10.2. The quantitative estimate of drug-likeness (QED) is 0.779. The molecule has 3 fully saturated rings. The second kappa shape index (κ2) is 7.01. The topological polar surface area (TPSA) is 55.4 Å². The van der Waals surface area contributed by atoms with Crippen LogP contribution >= 0.6 is 0 Å². The Morgan fingerprint density at radius 1 is 0.793 bits per heavy atom. The monoisotopic (exact) mass is 400 g/mol. The van der Waals surface area contributed by atoms with Gasteiger partial charge in [0.25, 0.3) is 0 Å². The maximum absolute atomic E-state index is 6.18.